The summed E-state index contributed by atoms with van der Waals surface area (Å²) >= 11 is 0. The van der Waals surface area contributed by atoms with Crippen LogP contribution in [0.3, 0.4) is 0 Å². The molecule has 0 fully saturated rings. The largest absolute Gasteiger partial charge is 0.476 e. The van der Waals surface area contributed by atoms with Gasteiger partial charge in [0.25, 0.3) is 5.91 Å². The summed E-state index contributed by atoms with van der Waals surface area (Å²) in [4.78, 5) is 60.5. The van der Waals surface area contributed by atoms with Gasteiger partial charge in [-0.2, -0.15) is 0 Å². The molecule has 2 rings (SSSR count). The van der Waals surface area contributed by atoms with E-state index >= 15 is 0 Å². The fraction of sp³-hybridized carbons (Fsp3) is 0.839. The van der Waals surface area contributed by atoms with E-state index in [4.69, 9.17) is 14.2 Å². The van der Waals surface area contributed by atoms with E-state index in [1.807, 2.05) is 20.8 Å². The van der Waals surface area contributed by atoms with Crippen LogP contribution >= 0.6 is 0 Å². The molecule has 2 aliphatic heterocycles. The highest BCUT2D eigenvalue weighted by Gasteiger charge is 2.48. The standard InChI is InChI=1S/C31H54N4O7/c1-12-14-22(40-11)16-15-19(4)24-30(7,8)28(38)33-20(5)26-34-31(9,17-41-26)29(39)35(10)23(18(3)13-2)25(36)32-21(6)27(37)42-24/h18-24H,12-17H2,1-11H3,(H,32,36)(H,33,38)/t18-,19-,20+,21-,22-,23-,24+,31-/m0/s1. The van der Waals surface area contributed by atoms with Crippen molar-refractivity contribution in [3.8, 4) is 0 Å². The highest BCUT2D eigenvalue weighted by Crippen LogP contribution is 2.34. The second-order valence-corrected chi connectivity index (χ2v) is 13.0. The minimum atomic E-state index is -1.26. The van der Waals surface area contributed by atoms with Gasteiger partial charge < -0.3 is 29.7 Å². The molecular formula is C31H54N4O7. The molecule has 240 valence electrons. The number of nitrogens with zero attached hydrogens (tertiary/aromatic N) is 2. The Bertz CT molecular complexity index is 1020. The van der Waals surface area contributed by atoms with Crippen molar-refractivity contribution in [1.29, 1.82) is 0 Å². The number of ether oxygens (including phenoxy) is 3. The predicted octanol–water partition coefficient (Wildman–Crippen LogP) is 3.24. The van der Waals surface area contributed by atoms with Gasteiger partial charge in [-0.15, -0.1) is 0 Å². The summed E-state index contributed by atoms with van der Waals surface area (Å²) in [6.45, 7) is 16.3. The van der Waals surface area contributed by atoms with E-state index in [2.05, 4.69) is 22.5 Å². The summed E-state index contributed by atoms with van der Waals surface area (Å²) in [6, 6.07) is -2.48. The first-order valence-corrected chi connectivity index (χ1v) is 15.4. The molecule has 3 amide bonds. The van der Waals surface area contributed by atoms with Crippen LogP contribution in [0, 0.1) is 17.3 Å². The van der Waals surface area contributed by atoms with Crippen LogP contribution in [-0.4, -0.2) is 91.1 Å². The molecule has 0 spiro atoms. The SMILES string of the molecule is CCC[C@@H](CC[C@H](C)[C@H]1OC(=O)[C@H](C)NC(=O)[C@H]([C@@H](C)CC)N(C)C(=O)[C@]2(C)COC(=N2)[C@@H](C)NC(=O)C1(C)C)OC. The first kappa shape index (κ1) is 35.5. The number of hydrogen-bond acceptors (Lipinski definition) is 8. The Morgan fingerprint density at radius 3 is 2.21 bits per heavy atom. The van der Waals surface area contributed by atoms with Crippen molar-refractivity contribution >= 4 is 29.6 Å². The Labute approximate surface area is 251 Å². The van der Waals surface area contributed by atoms with E-state index in [1.165, 1.54) is 4.90 Å². The molecule has 0 saturated carbocycles. The molecule has 0 aromatic carbocycles. The number of methoxy groups -OCH3 is 1. The van der Waals surface area contributed by atoms with Gasteiger partial charge in [-0.05, 0) is 65.7 Å². The van der Waals surface area contributed by atoms with Gasteiger partial charge in [0.15, 0.2) is 5.54 Å². The third-order valence-electron chi connectivity index (χ3n) is 8.88. The summed E-state index contributed by atoms with van der Waals surface area (Å²) in [6.07, 6.45) is 3.22. The van der Waals surface area contributed by atoms with Crippen LogP contribution in [0.1, 0.15) is 94.4 Å². The summed E-state index contributed by atoms with van der Waals surface area (Å²) < 4.78 is 17.5. The van der Waals surface area contributed by atoms with Crippen molar-refractivity contribution in [2.75, 3.05) is 20.8 Å². The van der Waals surface area contributed by atoms with Crippen LogP contribution in [0.15, 0.2) is 4.99 Å². The van der Waals surface area contributed by atoms with Crippen molar-refractivity contribution in [3.63, 3.8) is 0 Å². The van der Waals surface area contributed by atoms with E-state index in [0.717, 1.165) is 19.3 Å². The monoisotopic (exact) mass is 594 g/mol. The van der Waals surface area contributed by atoms with Crippen molar-refractivity contribution in [2.24, 2.45) is 22.2 Å². The molecule has 2 N–H and O–H groups in total. The van der Waals surface area contributed by atoms with Crippen LogP contribution in [0.5, 0.6) is 0 Å². The number of carbonyl (C=O) groups is 4. The first-order chi connectivity index (χ1) is 19.5. The molecule has 2 aliphatic rings. The Balaban J connectivity index is 2.53. The minimum Gasteiger partial charge on any atom is -0.476 e. The van der Waals surface area contributed by atoms with Crippen LogP contribution in [0.25, 0.3) is 0 Å². The number of likely N-dealkylation sites (N-methyl/N-ethyl adjacent to an activating group) is 1. The van der Waals surface area contributed by atoms with Crippen LogP contribution in [-0.2, 0) is 33.4 Å². The molecule has 0 aliphatic carbocycles. The van der Waals surface area contributed by atoms with E-state index in [9.17, 15) is 19.2 Å². The second-order valence-electron chi connectivity index (χ2n) is 13.0. The second kappa shape index (κ2) is 14.7. The van der Waals surface area contributed by atoms with Crippen molar-refractivity contribution in [3.05, 3.63) is 0 Å². The summed E-state index contributed by atoms with van der Waals surface area (Å²) in [5.74, 6) is -1.99. The number of carbonyl (C=O) groups excluding carboxylic acids is 4. The zero-order valence-corrected chi connectivity index (χ0v) is 27.5. The van der Waals surface area contributed by atoms with Crippen LogP contribution < -0.4 is 10.6 Å². The van der Waals surface area contributed by atoms with Gasteiger partial charge in [0.2, 0.25) is 17.7 Å². The van der Waals surface area contributed by atoms with E-state index < -0.39 is 47.1 Å². The highest BCUT2D eigenvalue weighted by atomic mass is 16.5. The fourth-order valence-corrected chi connectivity index (χ4v) is 5.83. The number of hydrogen-bond donors (Lipinski definition) is 2. The molecule has 11 heteroatoms. The lowest BCUT2D eigenvalue weighted by Crippen LogP contribution is -2.58. The Morgan fingerprint density at radius 1 is 1.00 bits per heavy atom. The van der Waals surface area contributed by atoms with Crippen LogP contribution in [0.4, 0.5) is 0 Å². The number of esters is 1. The predicted molar refractivity (Wildman–Crippen MR) is 161 cm³/mol. The molecule has 2 heterocycles. The highest BCUT2D eigenvalue weighted by molar-refractivity contribution is 5.98. The van der Waals surface area contributed by atoms with Gasteiger partial charge >= 0.3 is 5.97 Å². The quantitative estimate of drug-likeness (QED) is 0.391. The average Bonchev–Trinajstić information content (AvgIpc) is 3.35. The molecule has 0 aromatic heterocycles. The Kier molecular flexibility index (Phi) is 12.4. The number of cyclic esters (lactones) is 1. The fourth-order valence-electron chi connectivity index (χ4n) is 5.83. The summed E-state index contributed by atoms with van der Waals surface area (Å²) in [7, 11) is 3.26. The summed E-state index contributed by atoms with van der Waals surface area (Å²) in [5, 5.41) is 5.74. The normalized spacial score (nSPS) is 31.3. The van der Waals surface area contributed by atoms with Gasteiger partial charge in [-0.1, -0.05) is 40.5 Å². The molecule has 42 heavy (non-hydrogen) atoms. The van der Waals surface area contributed by atoms with E-state index in [0.29, 0.717) is 12.8 Å². The van der Waals surface area contributed by atoms with E-state index in [-0.39, 0.29) is 42.3 Å². The number of amides is 3. The Hall–Kier alpha value is -2.69. The lowest BCUT2D eigenvalue weighted by Gasteiger charge is -2.38. The number of rotatable bonds is 9. The third kappa shape index (κ3) is 8.02. The number of fused-ring (bicyclic) bond motifs is 1. The maximum atomic E-state index is 13.7. The molecule has 11 nitrogen and oxygen atoms in total. The number of nitrogens with one attached hydrogen (secondary N) is 2. The average molecular weight is 595 g/mol. The Morgan fingerprint density at radius 2 is 1.64 bits per heavy atom. The smallest absolute Gasteiger partial charge is 0.328 e. The maximum absolute atomic E-state index is 13.7. The zero-order chi connectivity index (χ0) is 32.0. The lowest BCUT2D eigenvalue weighted by atomic mass is 9.77. The summed E-state index contributed by atoms with van der Waals surface area (Å²) in [5.41, 5.74) is -2.41. The van der Waals surface area contributed by atoms with Gasteiger partial charge in [0.05, 0.1) is 11.5 Å². The van der Waals surface area contributed by atoms with Crippen LogP contribution in [0.2, 0.25) is 0 Å². The lowest BCUT2D eigenvalue weighted by molar-refractivity contribution is -0.167. The van der Waals surface area contributed by atoms with Gasteiger partial charge in [0, 0.05) is 14.2 Å². The third-order valence-corrected chi connectivity index (χ3v) is 8.88. The molecule has 0 aromatic rings. The number of aliphatic imine (C=N–C) groups is 1. The molecule has 8 atom stereocenters. The topological polar surface area (TPSA) is 136 Å². The van der Waals surface area contributed by atoms with Gasteiger partial charge in [-0.25, -0.2) is 9.79 Å². The van der Waals surface area contributed by atoms with E-state index in [1.54, 1.807) is 48.8 Å². The molecule has 2 bridgehead atoms. The molecule has 0 unspecified atom stereocenters. The van der Waals surface area contributed by atoms with Crippen molar-refractivity contribution in [1.82, 2.24) is 15.5 Å². The molecule has 0 saturated heterocycles. The maximum Gasteiger partial charge on any atom is 0.328 e. The minimum absolute atomic E-state index is 0.0138. The first-order valence-electron chi connectivity index (χ1n) is 15.4. The molecule has 0 radical (unpaired) electrons. The molecular weight excluding hydrogens is 540 g/mol. The van der Waals surface area contributed by atoms with Gasteiger partial charge in [0.1, 0.15) is 30.8 Å². The van der Waals surface area contributed by atoms with Crippen molar-refractivity contribution in [2.45, 2.75) is 130 Å². The zero-order valence-electron chi connectivity index (χ0n) is 27.5. The van der Waals surface area contributed by atoms with Crippen molar-refractivity contribution < 1.29 is 33.4 Å². The van der Waals surface area contributed by atoms with Gasteiger partial charge in [-0.3, -0.25) is 14.4 Å².